The predicted molar refractivity (Wildman–Crippen MR) is 93.8 cm³/mol. The summed E-state index contributed by atoms with van der Waals surface area (Å²) in [5.41, 5.74) is 0.804. The van der Waals surface area contributed by atoms with Crippen molar-refractivity contribution in [3.63, 3.8) is 0 Å². The van der Waals surface area contributed by atoms with E-state index >= 15 is 0 Å². The average molecular weight is 360 g/mol. The molecule has 0 unspecified atom stereocenters. The van der Waals surface area contributed by atoms with E-state index in [-0.39, 0.29) is 12.0 Å². The van der Waals surface area contributed by atoms with E-state index in [0.717, 1.165) is 16.7 Å². The lowest BCUT2D eigenvalue weighted by atomic mass is 10.1. The molecule has 8 heteroatoms. The molecule has 2 aromatic heterocycles. The maximum atomic E-state index is 6.09. The van der Waals surface area contributed by atoms with Crippen LogP contribution in [0.2, 0.25) is 5.02 Å². The number of aromatic nitrogens is 4. The van der Waals surface area contributed by atoms with Gasteiger partial charge < -0.3 is 14.2 Å². The standard InChI is InChI=1S/C17H18ClN5O2/c1-10(2)17-21-15(22-25-17)14-8-24-6-5-23(14)16-12-4-3-11(18)7-13(12)19-9-20-16/h3-4,7,9-10,14H,5-6,8H2,1-2H3/t14-/m1/s1. The maximum absolute atomic E-state index is 6.09. The molecule has 3 aromatic rings. The monoisotopic (exact) mass is 359 g/mol. The highest BCUT2D eigenvalue weighted by atomic mass is 35.5. The van der Waals surface area contributed by atoms with Gasteiger partial charge in [0, 0.05) is 22.9 Å². The van der Waals surface area contributed by atoms with Gasteiger partial charge in [-0.3, -0.25) is 0 Å². The van der Waals surface area contributed by atoms with Gasteiger partial charge in [0.05, 0.1) is 18.7 Å². The molecule has 0 bridgehead atoms. The summed E-state index contributed by atoms with van der Waals surface area (Å²) in [6.45, 7) is 5.83. The van der Waals surface area contributed by atoms with Crippen LogP contribution in [0.4, 0.5) is 5.82 Å². The first kappa shape index (κ1) is 16.2. The first-order chi connectivity index (χ1) is 12.1. The fourth-order valence-corrected chi connectivity index (χ4v) is 3.10. The number of rotatable bonds is 3. The van der Waals surface area contributed by atoms with Crippen LogP contribution in [0, 0.1) is 0 Å². The molecule has 0 saturated carbocycles. The number of halogens is 1. The minimum atomic E-state index is -0.154. The van der Waals surface area contributed by atoms with Gasteiger partial charge in [-0.15, -0.1) is 0 Å². The SMILES string of the molecule is CC(C)c1nc([C@H]2COCCN2c2ncnc3cc(Cl)ccc23)no1. The van der Waals surface area contributed by atoms with E-state index in [1.54, 1.807) is 6.33 Å². The van der Waals surface area contributed by atoms with Gasteiger partial charge in [-0.1, -0.05) is 30.6 Å². The van der Waals surface area contributed by atoms with Crippen LogP contribution in [0.1, 0.15) is 37.5 Å². The molecule has 1 atom stereocenters. The second-order valence-corrected chi connectivity index (χ2v) is 6.72. The van der Waals surface area contributed by atoms with Gasteiger partial charge in [-0.25, -0.2) is 9.97 Å². The summed E-state index contributed by atoms with van der Waals surface area (Å²) in [7, 11) is 0. The van der Waals surface area contributed by atoms with Gasteiger partial charge >= 0.3 is 0 Å². The summed E-state index contributed by atoms with van der Waals surface area (Å²) in [6, 6.07) is 5.47. The molecule has 0 radical (unpaired) electrons. The molecule has 1 aromatic carbocycles. The topological polar surface area (TPSA) is 77.2 Å². The molecule has 130 valence electrons. The van der Waals surface area contributed by atoms with E-state index in [9.17, 15) is 0 Å². The van der Waals surface area contributed by atoms with Crippen molar-refractivity contribution in [2.75, 3.05) is 24.7 Å². The van der Waals surface area contributed by atoms with Crippen molar-refractivity contribution >= 4 is 28.3 Å². The summed E-state index contributed by atoms with van der Waals surface area (Å²) in [6.07, 6.45) is 1.55. The number of hydrogen-bond donors (Lipinski definition) is 0. The van der Waals surface area contributed by atoms with E-state index < -0.39 is 0 Å². The zero-order chi connectivity index (χ0) is 17.4. The van der Waals surface area contributed by atoms with Gasteiger partial charge in [0.2, 0.25) is 5.89 Å². The Morgan fingerprint density at radius 3 is 2.96 bits per heavy atom. The lowest BCUT2D eigenvalue weighted by Crippen LogP contribution is -2.40. The molecule has 4 rings (SSSR count). The van der Waals surface area contributed by atoms with Gasteiger partial charge in [-0.2, -0.15) is 4.98 Å². The van der Waals surface area contributed by atoms with E-state index in [0.29, 0.717) is 36.5 Å². The van der Waals surface area contributed by atoms with Crippen molar-refractivity contribution in [1.82, 2.24) is 20.1 Å². The highest BCUT2D eigenvalue weighted by Gasteiger charge is 2.31. The molecule has 1 fully saturated rings. The molecule has 0 spiro atoms. The van der Waals surface area contributed by atoms with E-state index in [1.807, 2.05) is 32.0 Å². The molecular formula is C17H18ClN5O2. The number of hydrogen-bond acceptors (Lipinski definition) is 7. The van der Waals surface area contributed by atoms with Crippen LogP contribution in [-0.2, 0) is 4.74 Å². The van der Waals surface area contributed by atoms with Gasteiger partial charge in [0.25, 0.3) is 0 Å². The second kappa shape index (κ2) is 6.57. The molecule has 25 heavy (non-hydrogen) atoms. The van der Waals surface area contributed by atoms with Gasteiger partial charge in [0.1, 0.15) is 18.2 Å². The third-order valence-corrected chi connectivity index (χ3v) is 4.46. The third kappa shape index (κ3) is 3.05. The first-order valence-corrected chi connectivity index (χ1v) is 8.59. The maximum Gasteiger partial charge on any atom is 0.229 e. The minimum Gasteiger partial charge on any atom is -0.377 e. The van der Waals surface area contributed by atoms with Crippen LogP contribution in [0.3, 0.4) is 0 Å². The Bertz CT molecular complexity index is 898. The molecule has 1 saturated heterocycles. The fraction of sp³-hybridized carbons (Fsp3) is 0.412. The normalized spacial score (nSPS) is 18.2. The summed E-state index contributed by atoms with van der Waals surface area (Å²) in [5, 5.41) is 5.74. The molecule has 1 aliphatic rings. The van der Waals surface area contributed by atoms with Crippen LogP contribution in [0.5, 0.6) is 0 Å². The van der Waals surface area contributed by atoms with E-state index in [1.165, 1.54) is 0 Å². The molecule has 7 nitrogen and oxygen atoms in total. The second-order valence-electron chi connectivity index (χ2n) is 6.29. The Morgan fingerprint density at radius 2 is 2.16 bits per heavy atom. The average Bonchev–Trinajstić information content (AvgIpc) is 3.11. The number of morpholine rings is 1. The molecule has 0 N–H and O–H groups in total. The zero-order valence-electron chi connectivity index (χ0n) is 14.0. The quantitative estimate of drug-likeness (QED) is 0.709. The van der Waals surface area contributed by atoms with Crippen LogP contribution in [0.15, 0.2) is 29.0 Å². The first-order valence-electron chi connectivity index (χ1n) is 8.21. The Balaban J connectivity index is 1.76. The highest BCUT2D eigenvalue weighted by molar-refractivity contribution is 6.31. The van der Waals surface area contributed by atoms with Gasteiger partial charge in [0.15, 0.2) is 5.82 Å². The zero-order valence-corrected chi connectivity index (χ0v) is 14.8. The van der Waals surface area contributed by atoms with Crippen LogP contribution < -0.4 is 4.90 Å². The number of fused-ring (bicyclic) bond motifs is 1. The van der Waals surface area contributed by atoms with Crippen molar-refractivity contribution in [3.05, 3.63) is 41.3 Å². The number of anilines is 1. The lowest BCUT2D eigenvalue weighted by molar-refractivity contribution is 0.0907. The van der Waals surface area contributed by atoms with Crippen molar-refractivity contribution in [3.8, 4) is 0 Å². The molecular weight excluding hydrogens is 342 g/mol. The van der Waals surface area contributed by atoms with Crippen molar-refractivity contribution in [1.29, 1.82) is 0 Å². The number of benzene rings is 1. The summed E-state index contributed by atoms with van der Waals surface area (Å²) < 4.78 is 11.0. The minimum absolute atomic E-state index is 0.154. The van der Waals surface area contributed by atoms with Crippen molar-refractivity contribution in [2.45, 2.75) is 25.8 Å². The Morgan fingerprint density at radius 1 is 1.28 bits per heavy atom. The number of nitrogens with zero attached hydrogens (tertiary/aromatic N) is 5. The highest BCUT2D eigenvalue weighted by Crippen LogP contribution is 2.32. The molecule has 1 aliphatic heterocycles. The Hall–Kier alpha value is -2.25. The van der Waals surface area contributed by atoms with Crippen LogP contribution in [0.25, 0.3) is 10.9 Å². The van der Waals surface area contributed by atoms with E-state index in [4.69, 9.17) is 20.9 Å². The lowest BCUT2D eigenvalue weighted by Gasteiger charge is -2.35. The fourth-order valence-electron chi connectivity index (χ4n) is 2.93. The molecule has 3 heterocycles. The largest absolute Gasteiger partial charge is 0.377 e. The summed E-state index contributed by atoms with van der Waals surface area (Å²) in [4.78, 5) is 15.5. The molecule has 0 amide bonds. The third-order valence-electron chi connectivity index (χ3n) is 4.23. The Kier molecular flexibility index (Phi) is 4.27. The van der Waals surface area contributed by atoms with Crippen molar-refractivity contribution < 1.29 is 9.26 Å². The van der Waals surface area contributed by atoms with Gasteiger partial charge in [-0.05, 0) is 18.2 Å². The van der Waals surface area contributed by atoms with E-state index in [2.05, 4.69) is 25.0 Å². The van der Waals surface area contributed by atoms with Crippen molar-refractivity contribution in [2.24, 2.45) is 0 Å². The smallest absolute Gasteiger partial charge is 0.229 e. The molecule has 0 aliphatic carbocycles. The Labute approximate surface area is 150 Å². The number of ether oxygens (including phenoxy) is 1. The summed E-state index contributed by atoms with van der Waals surface area (Å²) in [5.74, 6) is 2.25. The summed E-state index contributed by atoms with van der Waals surface area (Å²) >= 11 is 6.09. The van der Waals surface area contributed by atoms with Crippen LogP contribution in [-0.4, -0.2) is 39.9 Å². The predicted octanol–water partition coefficient (Wildman–Crippen LogP) is 3.37. The van der Waals surface area contributed by atoms with Crippen LogP contribution >= 0.6 is 11.6 Å².